The van der Waals surface area contributed by atoms with Gasteiger partial charge in [-0.05, 0) is 36.2 Å². The van der Waals surface area contributed by atoms with Gasteiger partial charge in [-0.15, -0.1) is 0 Å². The van der Waals surface area contributed by atoms with Crippen molar-refractivity contribution in [2.75, 3.05) is 7.11 Å². The van der Waals surface area contributed by atoms with Crippen LogP contribution in [0, 0.1) is 0 Å². The number of imidazole rings is 1. The molecule has 3 aromatic rings. The van der Waals surface area contributed by atoms with Crippen molar-refractivity contribution in [3.05, 3.63) is 59.8 Å². The Kier molecular flexibility index (Phi) is 4.77. The normalized spacial score (nSPS) is 18.0. The highest BCUT2D eigenvalue weighted by Gasteiger charge is 2.39. The largest absolute Gasteiger partial charge is 0.497 e. The first-order chi connectivity index (χ1) is 15.4. The van der Waals surface area contributed by atoms with Gasteiger partial charge in [-0.3, -0.25) is 19.7 Å². The van der Waals surface area contributed by atoms with Gasteiger partial charge in [0, 0.05) is 42.9 Å². The number of imide groups is 1. The van der Waals surface area contributed by atoms with Gasteiger partial charge in [0.05, 0.1) is 12.8 Å². The summed E-state index contributed by atoms with van der Waals surface area (Å²) in [6.45, 7) is 0.337. The number of carbonyl (C=O) groups excluding carboxylic acids is 3. The van der Waals surface area contributed by atoms with Gasteiger partial charge in [-0.2, -0.15) is 0 Å². The first kappa shape index (κ1) is 20.0. The maximum absolute atomic E-state index is 12.9. The fraction of sp³-hybridized carbons (Fsp3) is 0.250. The molecule has 2 aliphatic heterocycles. The van der Waals surface area contributed by atoms with E-state index in [2.05, 4.69) is 5.32 Å². The molecule has 0 bridgehead atoms. The third kappa shape index (κ3) is 3.33. The molecule has 8 nitrogen and oxygen atoms in total. The summed E-state index contributed by atoms with van der Waals surface area (Å²) in [5, 5.41) is 2.33. The van der Waals surface area contributed by atoms with Crippen LogP contribution in [0.15, 0.2) is 48.7 Å². The van der Waals surface area contributed by atoms with Crippen LogP contribution in [0.2, 0.25) is 0 Å². The Bertz CT molecular complexity index is 1260. The van der Waals surface area contributed by atoms with E-state index in [1.807, 2.05) is 54.2 Å². The molecule has 1 atom stereocenters. The zero-order valence-electron chi connectivity index (χ0n) is 17.8. The minimum atomic E-state index is -0.620. The number of amides is 3. The minimum Gasteiger partial charge on any atom is -0.497 e. The Morgan fingerprint density at radius 1 is 1.09 bits per heavy atom. The molecule has 5 rings (SSSR count). The molecule has 0 saturated carbocycles. The second-order valence-electron chi connectivity index (χ2n) is 8.06. The van der Waals surface area contributed by atoms with E-state index in [0.717, 1.165) is 34.0 Å². The molecule has 0 aliphatic carbocycles. The zero-order valence-corrected chi connectivity index (χ0v) is 17.8. The lowest BCUT2D eigenvalue weighted by Crippen LogP contribution is -2.52. The number of benzene rings is 2. The maximum Gasteiger partial charge on any atom is 0.255 e. The number of piperidine rings is 1. The Morgan fingerprint density at radius 3 is 2.72 bits per heavy atom. The van der Waals surface area contributed by atoms with Gasteiger partial charge >= 0.3 is 0 Å². The molecule has 1 saturated heterocycles. The number of hydrogen-bond acceptors (Lipinski definition) is 5. The minimum absolute atomic E-state index is 0.181. The van der Waals surface area contributed by atoms with Crippen molar-refractivity contribution in [2.45, 2.75) is 25.4 Å². The topological polar surface area (TPSA) is 93.5 Å². The molecule has 0 spiro atoms. The molecule has 1 fully saturated rings. The summed E-state index contributed by atoms with van der Waals surface area (Å²) in [5.41, 5.74) is 4.07. The van der Waals surface area contributed by atoms with Crippen molar-refractivity contribution in [1.82, 2.24) is 19.8 Å². The highest BCUT2D eigenvalue weighted by molar-refractivity contribution is 6.05. The van der Waals surface area contributed by atoms with Crippen molar-refractivity contribution >= 4 is 17.7 Å². The van der Waals surface area contributed by atoms with Crippen LogP contribution in [0.3, 0.4) is 0 Å². The number of ether oxygens (including phenoxy) is 1. The number of aromatic nitrogens is 2. The standard InChI is InChI=1S/C24H22N4O4/c1-27-13-19(25-22(27)15-4-3-5-17(11-15)32-2)14-6-7-18-16(10-14)12-28(24(18)31)20-8-9-21(29)26-23(20)30/h3-7,10-11,13,20H,8-9,12H2,1-2H3,(H,26,29,30). The molecule has 8 heteroatoms. The summed E-state index contributed by atoms with van der Waals surface area (Å²) in [7, 11) is 3.57. The quantitative estimate of drug-likeness (QED) is 0.642. The van der Waals surface area contributed by atoms with Crippen LogP contribution in [0.25, 0.3) is 22.6 Å². The predicted octanol–water partition coefficient (Wildman–Crippen LogP) is 2.52. The molecule has 162 valence electrons. The van der Waals surface area contributed by atoms with Crippen molar-refractivity contribution in [2.24, 2.45) is 7.05 Å². The summed E-state index contributed by atoms with van der Waals surface area (Å²) >= 11 is 0. The van der Waals surface area contributed by atoms with E-state index >= 15 is 0 Å². The number of aryl methyl sites for hydroxylation is 1. The summed E-state index contributed by atoms with van der Waals surface area (Å²) in [4.78, 5) is 43.0. The van der Waals surface area contributed by atoms with Crippen LogP contribution in [0.1, 0.15) is 28.8 Å². The first-order valence-electron chi connectivity index (χ1n) is 10.4. The molecule has 3 heterocycles. The van der Waals surface area contributed by atoms with E-state index in [4.69, 9.17) is 9.72 Å². The lowest BCUT2D eigenvalue weighted by Gasteiger charge is -2.29. The highest BCUT2D eigenvalue weighted by Crippen LogP contribution is 2.32. The van der Waals surface area contributed by atoms with Gasteiger partial charge in [0.15, 0.2) is 0 Å². The zero-order chi connectivity index (χ0) is 22.4. The fourth-order valence-corrected chi connectivity index (χ4v) is 4.37. The van der Waals surface area contributed by atoms with Crippen LogP contribution in [0.5, 0.6) is 5.75 Å². The van der Waals surface area contributed by atoms with E-state index in [9.17, 15) is 14.4 Å². The molecule has 1 N–H and O–H groups in total. The van der Waals surface area contributed by atoms with Crippen LogP contribution in [0.4, 0.5) is 0 Å². The third-order valence-electron chi connectivity index (χ3n) is 6.02. The fourth-order valence-electron chi connectivity index (χ4n) is 4.37. The molecular weight excluding hydrogens is 408 g/mol. The lowest BCUT2D eigenvalue weighted by atomic mass is 10.0. The number of hydrogen-bond donors (Lipinski definition) is 1. The Labute approximate surface area is 184 Å². The van der Waals surface area contributed by atoms with E-state index in [-0.39, 0.29) is 18.2 Å². The van der Waals surface area contributed by atoms with Gasteiger partial charge in [-0.25, -0.2) is 4.98 Å². The van der Waals surface area contributed by atoms with Crippen molar-refractivity contribution < 1.29 is 19.1 Å². The van der Waals surface area contributed by atoms with Crippen LogP contribution < -0.4 is 10.1 Å². The third-order valence-corrected chi connectivity index (χ3v) is 6.02. The molecular formula is C24H22N4O4. The summed E-state index contributed by atoms with van der Waals surface area (Å²) in [5.74, 6) is 0.686. The molecule has 3 amide bonds. The number of methoxy groups -OCH3 is 1. The van der Waals surface area contributed by atoms with Crippen LogP contribution in [-0.4, -0.2) is 45.3 Å². The SMILES string of the molecule is COc1cccc(-c2nc(-c3ccc4c(c3)CN(C3CCC(=O)NC3=O)C4=O)cn2C)c1. The van der Waals surface area contributed by atoms with Crippen molar-refractivity contribution in [3.63, 3.8) is 0 Å². The van der Waals surface area contributed by atoms with Gasteiger partial charge in [-0.1, -0.05) is 18.2 Å². The first-order valence-corrected chi connectivity index (χ1v) is 10.4. The van der Waals surface area contributed by atoms with Crippen molar-refractivity contribution in [3.8, 4) is 28.4 Å². The Morgan fingerprint density at radius 2 is 1.94 bits per heavy atom. The molecule has 0 radical (unpaired) electrons. The van der Waals surface area contributed by atoms with Gasteiger partial charge in [0.25, 0.3) is 5.91 Å². The van der Waals surface area contributed by atoms with Gasteiger partial charge in [0.2, 0.25) is 11.8 Å². The predicted molar refractivity (Wildman–Crippen MR) is 117 cm³/mol. The van der Waals surface area contributed by atoms with E-state index in [1.54, 1.807) is 18.1 Å². The highest BCUT2D eigenvalue weighted by atomic mass is 16.5. The van der Waals surface area contributed by atoms with Crippen molar-refractivity contribution in [1.29, 1.82) is 0 Å². The summed E-state index contributed by atoms with van der Waals surface area (Å²) < 4.78 is 7.28. The molecule has 32 heavy (non-hydrogen) atoms. The molecule has 1 unspecified atom stereocenters. The van der Waals surface area contributed by atoms with E-state index < -0.39 is 11.9 Å². The number of rotatable bonds is 4. The molecule has 2 aromatic carbocycles. The van der Waals surface area contributed by atoms with E-state index in [1.165, 1.54) is 0 Å². The second kappa shape index (κ2) is 7.64. The Balaban J connectivity index is 1.43. The average molecular weight is 430 g/mol. The van der Waals surface area contributed by atoms with Gasteiger partial charge < -0.3 is 14.2 Å². The number of nitrogens with one attached hydrogen (secondary N) is 1. The van der Waals surface area contributed by atoms with Gasteiger partial charge in [0.1, 0.15) is 17.6 Å². The lowest BCUT2D eigenvalue weighted by molar-refractivity contribution is -0.136. The monoisotopic (exact) mass is 430 g/mol. The summed E-state index contributed by atoms with van der Waals surface area (Å²) in [6, 6.07) is 12.7. The number of fused-ring (bicyclic) bond motifs is 1. The Hall–Kier alpha value is -3.94. The summed E-state index contributed by atoms with van der Waals surface area (Å²) in [6.07, 6.45) is 2.54. The number of nitrogens with zero attached hydrogens (tertiary/aromatic N) is 3. The van der Waals surface area contributed by atoms with Crippen LogP contribution >= 0.6 is 0 Å². The van der Waals surface area contributed by atoms with E-state index in [0.29, 0.717) is 18.5 Å². The number of carbonyl (C=O) groups is 3. The molecule has 2 aliphatic rings. The van der Waals surface area contributed by atoms with Crippen LogP contribution in [-0.2, 0) is 23.2 Å². The smallest absolute Gasteiger partial charge is 0.255 e. The molecule has 1 aromatic heterocycles. The maximum atomic E-state index is 12.9. The second-order valence-corrected chi connectivity index (χ2v) is 8.06. The average Bonchev–Trinajstić information content (AvgIpc) is 3.33.